The second-order valence-corrected chi connectivity index (χ2v) is 16.4. The maximum atomic E-state index is 12.9. The topological polar surface area (TPSA) is 175 Å². The van der Waals surface area contributed by atoms with Crippen molar-refractivity contribution < 1.29 is 19.2 Å². The van der Waals surface area contributed by atoms with Crippen LogP contribution in [0, 0.1) is 35.2 Å². The van der Waals surface area contributed by atoms with Crippen LogP contribution >= 0.6 is 23.5 Å². The van der Waals surface area contributed by atoms with Gasteiger partial charge in [0.15, 0.2) is 0 Å². The molecule has 7 aromatic carbocycles. The van der Waals surface area contributed by atoms with Crippen LogP contribution in [0.2, 0.25) is 0 Å². The fourth-order valence-electron chi connectivity index (χ4n) is 6.68. The Balaban J connectivity index is 0.000000185. The number of carbonyl (C=O) groups excluding carboxylic acids is 2. The first-order chi connectivity index (χ1) is 32.2. The number of fused-ring (bicyclic) bond motifs is 4. The first-order valence-corrected chi connectivity index (χ1v) is 21.8. The number of nitrogens with zero attached hydrogens (tertiary/aromatic N) is 4. The van der Waals surface area contributed by atoms with Crippen LogP contribution in [0.5, 0.6) is 0 Å². The van der Waals surface area contributed by atoms with Crippen molar-refractivity contribution in [1.82, 2.24) is 10.8 Å². The van der Waals surface area contributed by atoms with Gasteiger partial charge in [-0.05, 0) is 90.5 Å². The van der Waals surface area contributed by atoms with Crippen LogP contribution in [-0.2, 0) is 16.1 Å². The predicted molar refractivity (Wildman–Crippen MR) is 259 cm³/mol. The van der Waals surface area contributed by atoms with Crippen LogP contribution in [0.1, 0.15) is 59.7 Å². The number of nitrogens with one attached hydrogen (secondary N) is 2. The first-order valence-electron chi connectivity index (χ1n) is 20.2. The molecule has 2 aliphatic heterocycles. The first kappa shape index (κ1) is 45.6. The van der Waals surface area contributed by atoms with E-state index in [-0.39, 0.29) is 11.8 Å². The molecular formula is C53H39N7O4S2. The summed E-state index contributed by atoms with van der Waals surface area (Å²) in [6, 6.07) is 53.7. The molecule has 0 aromatic heterocycles. The van der Waals surface area contributed by atoms with Gasteiger partial charge in [0.2, 0.25) is 0 Å². The summed E-state index contributed by atoms with van der Waals surface area (Å²) in [7, 11) is 2.84. The average Bonchev–Trinajstić information content (AvgIpc) is 3.64. The quantitative estimate of drug-likeness (QED) is 0.0799. The van der Waals surface area contributed by atoms with Crippen LogP contribution in [0.25, 0.3) is 0 Å². The minimum absolute atomic E-state index is 0.165. The van der Waals surface area contributed by atoms with E-state index in [2.05, 4.69) is 46.2 Å². The summed E-state index contributed by atoms with van der Waals surface area (Å²) >= 11 is 3.24. The van der Waals surface area contributed by atoms with E-state index < -0.39 is 0 Å². The van der Waals surface area contributed by atoms with Gasteiger partial charge < -0.3 is 15.8 Å². The number of ether oxygens (including phenoxy) is 1. The number of nitriles is 2. The average molecular weight is 902 g/mol. The van der Waals surface area contributed by atoms with Crippen LogP contribution in [0.15, 0.2) is 187 Å². The van der Waals surface area contributed by atoms with E-state index in [9.17, 15) is 9.59 Å². The molecule has 2 heterocycles. The van der Waals surface area contributed by atoms with E-state index in [0.29, 0.717) is 40.2 Å². The zero-order chi connectivity index (χ0) is 46.4. The Bertz CT molecular complexity index is 3110. The Morgan fingerprint density at radius 1 is 0.621 bits per heavy atom. The number of terminal acetylenes is 1. The summed E-state index contributed by atoms with van der Waals surface area (Å²) in [5, 5.41) is 21.2. The van der Waals surface area contributed by atoms with Crippen LogP contribution < -0.4 is 16.5 Å². The third-order valence-electron chi connectivity index (χ3n) is 9.95. The summed E-state index contributed by atoms with van der Waals surface area (Å²) < 4.78 is 4.07. The predicted octanol–water partition coefficient (Wildman–Crippen LogP) is 10.4. The van der Waals surface area contributed by atoms with Gasteiger partial charge in [0.1, 0.15) is 6.11 Å². The highest BCUT2D eigenvalue weighted by atomic mass is 32.2. The lowest BCUT2D eigenvalue weighted by molar-refractivity contribution is 0.0537. The van der Waals surface area contributed by atoms with E-state index in [0.717, 1.165) is 64.5 Å². The Hall–Kier alpha value is -8.38. The summed E-state index contributed by atoms with van der Waals surface area (Å²) in [5.41, 5.74) is 18.9. The minimum atomic E-state index is -0.327. The molecule has 0 radical (unpaired) electrons. The van der Waals surface area contributed by atoms with Crippen molar-refractivity contribution in [2.75, 3.05) is 20.0 Å². The second kappa shape index (κ2) is 21.8. The molecule has 0 spiro atoms. The Labute approximate surface area is 391 Å². The van der Waals surface area contributed by atoms with Gasteiger partial charge >= 0.3 is 0 Å². The molecule has 2 aliphatic rings. The monoisotopic (exact) mass is 901 g/mol. The molecule has 7 aromatic rings. The zero-order valence-corrected chi connectivity index (χ0v) is 37.2. The van der Waals surface area contributed by atoms with Gasteiger partial charge in [0.25, 0.3) is 11.8 Å². The molecule has 2 amide bonds. The van der Waals surface area contributed by atoms with Gasteiger partial charge in [-0.15, -0.1) is 0 Å². The molecule has 9 rings (SSSR count). The van der Waals surface area contributed by atoms with E-state index in [1.165, 1.54) is 14.2 Å². The summed E-state index contributed by atoms with van der Waals surface area (Å²) in [6.07, 6.45) is 6.49. The molecule has 0 saturated carbocycles. The summed E-state index contributed by atoms with van der Waals surface area (Å²) in [5.74, 6) is -0.492. The van der Waals surface area contributed by atoms with Crippen molar-refractivity contribution in [3.05, 3.63) is 208 Å². The van der Waals surface area contributed by atoms with Crippen molar-refractivity contribution in [3.63, 3.8) is 0 Å². The van der Waals surface area contributed by atoms with Crippen molar-refractivity contribution in [3.8, 4) is 24.7 Å². The molecule has 0 bridgehead atoms. The van der Waals surface area contributed by atoms with Crippen LogP contribution in [0.4, 0.5) is 17.1 Å². The van der Waals surface area contributed by atoms with Crippen molar-refractivity contribution in [2.24, 2.45) is 9.98 Å². The number of hydrogen-bond donors (Lipinski definition) is 3. The van der Waals surface area contributed by atoms with Gasteiger partial charge in [-0.25, -0.2) is 15.5 Å². The number of methoxy groups -OCH3 is 1. The van der Waals surface area contributed by atoms with Crippen LogP contribution in [0.3, 0.4) is 0 Å². The highest BCUT2D eigenvalue weighted by Crippen LogP contribution is 2.43. The minimum Gasteiger partial charge on any atom is -0.450 e. The third kappa shape index (κ3) is 11.0. The lowest BCUT2D eigenvalue weighted by Gasteiger charge is -2.09. The smallest absolute Gasteiger partial charge is 0.274 e. The molecule has 0 unspecified atom stereocenters. The number of hydrogen-bond acceptors (Lipinski definition) is 11. The Kier molecular flexibility index (Phi) is 15.1. The number of nitrogen functional groups attached to an aromatic ring is 1. The number of carbonyl (C=O) groups is 2. The SMILES string of the molecule is C#COC.CONC(=O)c1ccc2c(c1)N=C(c1ccc(C#N)cc1)c1ccccc1S2.N#Cc1ccc(C2=Nc3cc(C(=O)NCc4ccc(N)cc4)ccc3Sc3ccccc32)cc1. The van der Waals surface area contributed by atoms with E-state index in [1.807, 2.05) is 115 Å². The molecule has 0 atom stereocenters. The highest BCUT2D eigenvalue weighted by Gasteiger charge is 2.22. The van der Waals surface area contributed by atoms with Gasteiger partial charge in [-0.3, -0.25) is 14.4 Å². The number of anilines is 1. The standard InChI is InChI=1S/C28H20N4OS.C22H15N3O2S.C3H4O/c29-16-18-5-9-20(10-6-18)27-23-3-1-2-4-25(23)34-26-14-11-21(15-24(26)32-27)28(33)31-17-19-7-12-22(30)13-8-19;1-27-25-22(26)16-10-11-20-18(12-16)24-21(15-8-6-14(13-23)7-9-15)17-4-2-3-5-19(17)28-20;1-3-4-2/h1-15H,17,30H2,(H,31,33);2-12H,1H3,(H,25,26);1H,2H3. The van der Waals surface area contributed by atoms with Crippen molar-refractivity contribution >= 4 is 63.8 Å². The lowest BCUT2D eigenvalue weighted by Crippen LogP contribution is -2.22. The Morgan fingerprint density at radius 3 is 1.52 bits per heavy atom. The molecule has 0 saturated heterocycles. The number of aliphatic imine (C=N–C) groups is 2. The normalized spacial score (nSPS) is 11.5. The molecule has 66 heavy (non-hydrogen) atoms. The molecule has 4 N–H and O–H groups in total. The third-order valence-corrected chi connectivity index (χ3v) is 12.2. The summed E-state index contributed by atoms with van der Waals surface area (Å²) in [6.45, 7) is 0.413. The fraction of sp³-hybridized carbons (Fsp3) is 0.0566. The fourth-order valence-corrected chi connectivity index (χ4v) is 8.69. The largest absolute Gasteiger partial charge is 0.450 e. The van der Waals surface area contributed by atoms with E-state index >= 15 is 0 Å². The van der Waals surface area contributed by atoms with Gasteiger partial charge in [-0.2, -0.15) is 10.5 Å². The second-order valence-electron chi connectivity index (χ2n) is 14.2. The van der Waals surface area contributed by atoms with E-state index in [4.69, 9.17) is 31.1 Å². The number of nitrogens with two attached hydrogens (primary N) is 1. The molecule has 11 nitrogen and oxygen atoms in total. The molecule has 13 heteroatoms. The van der Waals surface area contributed by atoms with Crippen molar-refractivity contribution in [2.45, 2.75) is 26.1 Å². The molecule has 0 fully saturated rings. The number of amides is 2. The van der Waals surface area contributed by atoms with Gasteiger partial charge in [0, 0.05) is 65.2 Å². The molecule has 322 valence electrons. The van der Waals surface area contributed by atoms with Crippen molar-refractivity contribution in [1.29, 1.82) is 10.5 Å². The maximum Gasteiger partial charge on any atom is 0.274 e. The number of hydroxylamine groups is 1. The number of benzene rings is 7. The lowest BCUT2D eigenvalue weighted by atomic mass is 10.0. The van der Waals surface area contributed by atoms with Crippen LogP contribution in [-0.4, -0.2) is 37.5 Å². The van der Waals surface area contributed by atoms with Gasteiger partial charge in [-0.1, -0.05) is 103 Å². The molecular weight excluding hydrogens is 863 g/mol. The maximum absolute atomic E-state index is 12.9. The summed E-state index contributed by atoms with van der Waals surface area (Å²) in [4.78, 5) is 43.7. The Morgan fingerprint density at radius 2 is 1.08 bits per heavy atom. The van der Waals surface area contributed by atoms with Gasteiger partial charge in [0.05, 0.1) is 60.3 Å². The number of rotatable bonds is 7. The molecule has 0 aliphatic carbocycles. The van der Waals surface area contributed by atoms with E-state index in [1.54, 1.807) is 59.9 Å². The zero-order valence-electron chi connectivity index (χ0n) is 35.6. The highest BCUT2D eigenvalue weighted by molar-refractivity contribution is 7.99.